The third kappa shape index (κ3) is 4.44. The van der Waals surface area contributed by atoms with Crippen LogP contribution in [0.1, 0.15) is 42.2 Å². The summed E-state index contributed by atoms with van der Waals surface area (Å²) in [6.45, 7) is 4.87. The SMILES string of the molecule is Cl.O=C(c1ccn(C2CCCNC2)n1)N1CCN(C(=O)C2CCCO2)CC1. The molecule has 1 N–H and O–H groups in total. The number of amides is 2. The number of aromatic nitrogens is 2. The Morgan fingerprint density at radius 2 is 1.89 bits per heavy atom. The van der Waals surface area contributed by atoms with Gasteiger partial charge in [0.1, 0.15) is 11.8 Å². The van der Waals surface area contributed by atoms with E-state index in [4.69, 9.17) is 4.74 Å². The molecular weight excluding hydrogens is 370 g/mol. The zero-order chi connectivity index (χ0) is 17.9. The van der Waals surface area contributed by atoms with Gasteiger partial charge >= 0.3 is 0 Å². The number of carbonyl (C=O) groups is 2. The highest BCUT2D eigenvalue weighted by atomic mass is 35.5. The van der Waals surface area contributed by atoms with Crippen LogP contribution >= 0.6 is 12.4 Å². The molecule has 0 spiro atoms. The van der Waals surface area contributed by atoms with Gasteiger partial charge in [0.15, 0.2) is 0 Å². The molecule has 8 nitrogen and oxygen atoms in total. The van der Waals surface area contributed by atoms with Gasteiger partial charge in [-0.2, -0.15) is 5.10 Å². The van der Waals surface area contributed by atoms with Gasteiger partial charge in [-0.3, -0.25) is 14.3 Å². The van der Waals surface area contributed by atoms with Crippen molar-refractivity contribution in [3.63, 3.8) is 0 Å². The average Bonchev–Trinajstić information content (AvgIpc) is 3.40. The second-order valence-electron chi connectivity index (χ2n) is 7.30. The Morgan fingerprint density at radius 1 is 1.11 bits per heavy atom. The van der Waals surface area contributed by atoms with Crippen LogP contribution in [0.2, 0.25) is 0 Å². The molecule has 4 heterocycles. The van der Waals surface area contributed by atoms with Gasteiger partial charge in [0.25, 0.3) is 11.8 Å². The lowest BCUT2D eigenvalue weighted by Crippen LogP contribution is -2.52. The summed E-state index contributed by atoms with van der Waals surface area (Å²) < 4.78 is 7.40. The standard InChI is InChI=1S/C18H27N5O3.ClH/c24-17(15-5-7-23(20-15)14-3-1-6-19-13-14)21-8-10-22(11-9-21)18(25)16-4-2-12-26-16;/h5,7,14,16,19H,1-4,6,8-13H2;1H. The maximum absolute atomic E-state index is 12.7. The van der Waals surface area contributed by atoms with Gasteiger partial charge in [-0.1, -0.05) is 0 Å². The van der Waals surface area contributed by atoms with Crippen LogP contribution < -0.4 is 5.32 Å². The number of piperazine rings is 1. The first-order chi connectivity index (χ1) is 12.7. The minimum atomic E-state index is -0.281. The maximum Gasteiger partial charge on any atom is 0.274 e. The number of nitrogens with zero attached hydrogens (tertiary/aromatic N) is 4. The van der Waals surface area contributed by atoms with Crippen molar-refractivity contribution in [3.05, 3.63) is 18.0 Å². The van der Waals surface area contributed by atoms with Crippen molar-refractivity contribution >= 4 is 24.2 Å². The first-order valence-electron chi connectivity index (χ1n) is 9.68. The van der Waals surface area contributed by atoms with Crippen LogP contribution in [0.3, 0.4) is 0 Å². The van der Waals surface area contributed by atoms with Gasteiger partial charge in [-0.25, -0.2) is 0 Å². The molecule has 0 aliphatic carbocycles. The summed E-state index contributed by atoms with van der Waals surface area (Å²) in [5, 5.41) is 7.88. The maximum atomic E-state index is 12.7. The third-order valence-corrected chi connectivity index (χ3v) is 5.56. The van der Waals surface area contributed by atoms with Crippen molar-refractivity contribution in [3.8, 4) is 0 Å². The quantitative estimate of drug-likeness (QED) is 0.811. The molecule has 1 aromatic heterocycles. The number of carbonyl (C=O) groups excluding carboxylic acids is 2. The Hall–Kier alpha value is -1.64. The molecule has 4 rings (SSSR count). The Labute approximate surface area is 165 Å². The molecule has 2 amide bonds. The molecular formula is C18H28ClN5O3. The van der Waals surface area contributed by atoms with E-state index < -0.39 is 0 Å². The Bertz CT molecular complexity index is 647. The zero-order valence-corrected chi connectivity index (χ0v) is 16.3. The molecule has 3 aliphatic heterocycles. The lowest BCUT2D eigenvalue weighted by atomic mass is 10.1. The molecule has 0 saturated carbocycles. The van der Waals surface area contributed by atoms with E-state index in [0.29, 0.717) is 44.5 Å². The summed E-state index contributed by atoms with van der Waals surface area (Å²) in [5.41, 5.74) is 0.495. The van der Waals surface area contributed by atoms with E-state index in [1.165, 1.54) is 0 Å². The Morgan fingerprint density at radius 3 is 2.56 bits per heavy atom. The molecule has 0 bridgehead atoms. The van der Waals surface area contributed by atoms with Crippen LogP contribution in [0, 0.1) is 0 Å². The van der Waals surface area contributed by atoms with Crippen molar-refractivity contribution in [2.75, 3.05) is 45.9 Å². The first-order valence-corrected chi connectivity index (χ1v) is 9.68. The van der Waals surface area contributed by atoms with Crippen LogP contribution in [0.4, 0.5) is 0 Å². The van der Waals surface area contributed by atoms with E-state index in [9.17, 15) is 9.59 Å². The van der Waals surface area contributed by atoms with Crippen LogP contribution in [-0.2, 0) is 9.53 Å². The van der Waals surface area contributed by atoms with Gasteiger partial charge in [0.05, 0.1) is 6.04 Å². The van der Waals surface area contributed by atoms with Crippen LogP contribution in [0.5, 0.6) is 0 Å². The predicted octanol–water partition coefficient (Wildman–Crippen LogP) is 0.693. The number of piperidine rings is 1. The van der Waals surface area contributed by atoms with Crippen LogP contribution in [-0.4, -0.2) is 83.4 Å². The van der Waals surface area contributed by atoms with Gasteiger partial charge in [0.2, 0.25) is 0 Å². The summed E-state index contributed by atoms with van der Waals surface area (Å²) in [5.74, 6) is 0.0282. The molecule has 3 saturated heterocycles. The first kappa shape index (κ1) is 20.1. The molecule has 0 radical (unpaired) electrons. The fraction of sp³-hybridized carbons (Fsp3) is 0.722. The van der Waals surface area contributed by atoms with Crippen molar-refractivity contribution in [1.82, 2.24) is 24.9 Å². The molecule has 9 heteroatoms. The Kier molecular flexibility index (Phi) is 6.73. The number of nitrogens with one attached hydrogen (secondary N) is 1. The van der Waals surface area contributed by atoms with Gasteiger partial charge in [0, 0.05) is 45.5 Å². The van der Waals surface area contributed by atoms with E-state index in [-0.39, 0.29) is 30.3 Å². The van der Waals surface area contributed by atoms with Crippen LogP contribution in [0.25, 0.3) is 0 Å². The van der Waals surface area contributed by atoms with Gasteiger partial charge in [-0.05, 0) is 38.3 Å². The number of hydrogen-bond acceptors (Lipinski definition) is 5. The molecule has 3 fully saturated rings. The van der Waals surface area contributed by atoms with Crippen molar-refractivity contribution in [2.24, 2.45) is 0 Å². The highest BCUT2D eigenvalue weighted by molar-refractivity contribution is 5.92. The summed E-state index contributed by atoms with van der Waals surface area (Å²) in [6, 6.07) is 2.13. The van der Waals surface area contributed by atoms with E-state index in [1.54, 1.807) is 11.0 Å². The number of ether oxygens (including phenoxy) is 1. The summed E-state index contributed by atoms with van der Waals surface area (Å²) in [7, 11) is 0. The summed E-state index contributed by atoms with van der Waals surface area (Å²) >= 11 is 0. The minimum absolute atomic E-state index is 0. The lowest BCUT2D eigenvalue weighted by Gasteiger charge is -2.35. The lowest BCUT2D eigenvalue weighted by molar-refractivity contribution is -0.142. The van der Waals surface area contributed by atoms with Crippen molar-refractivity contribution < 1.29 is 14.3 Å². The molecule has 2 unspecified atom stereocenters. The fourth-order valence-electron chi connectivity index (χ4n) is 3.98. The largest absolute Gasteiger partial charge is 0.368 e. The third-order valence-electron chi connectivity index (χ3n) is 5.56. The summed E-state index contributed by atoms with van der Waals surface area (Å²) in [6.07, 6.45) is 5.61. The van der Waals surface area contributed by atoms with Gasteiger partial charge in [-0.15, -0.1) is 12.4 Å². The molecule has 27 heavy (non-hydrogen) atoms. The number of halogens is 1. The molecule has 150 valence electrons. The normalized spacial score (nSPS) is 25.9. The molecule has 0 aromatic carbocycles. The van der Waals surface area contributed by atoms with Crippen LogP contribution in [0.15, 0.2) is 12.3 Å². The van der Waals surface area contributed by atoms with E-state index >= 15 is 0 Å². The van der Waals surface area contributed by atoms with Gasteiger partial charge < -0.3 is 19.9 Å². The highest BCUT2D eigenvalue weighted by Gasteiger charge is 2.32. The molecule has 3 aliphatic rings. The summed E-state index contributed by atoms with van der Waals surface area (Å²) in [4.78, 5) is 28.8. The number of hydrogen-bond donors (Lipinski definition) is 1. The smallest absolute Gasteiger partial charge is 0.274 e. The van der Waals surface area contributed by atoms with Crippen molar-refractivity contribution in [2.45, 2.75) is 37.8 Å². The minimum Gasteiger partial charge on any atom is -0.368 e. The topological polar surface area (TPSA) is 79.7 Å². The average molecular weight is 398 g/mol. The fourth-order valence-corrected chi connectivity index (χ4v) is 3.98. The second kappa shape index (κ2) is 9.03. The highest BCUT2D eigenvalue weighted by Crippen LogP contribution is 2.18. The molecule has 1 aromatic rings. The van der Waals surface area contributed by atoms with E-state index in [2.05, 4.69) is 10.4 Å². The second-order valence-corrected chi connectivity index (χ2v) is 7.30. The predicted molar refractivity (Wildman–Crippen MR) is 102 cm³/mol. The van der Waals surface area contributed by atoms with Crippen molar-refractivity contribution in [1.29, 1.82) is 0 Å². The zero-order valence-electron chi connectivity index (χ0n) is 15.5. The Balaban J connectivity index is 0.00000210. The number of rotatable bonds is 3. The van der Waals surface area contributed by atoms with E-state index in [1.807, 2.05) is 15.8 Å². The molecule has 2 atom stereocenters. The van der Waals surface area contributed by atoms with E-state index in [0.717, 1.165) is 38.8 Å². The monoisotopic (exact) mass is 397 g/mol.